The lowest BCUT2D eigenvalue weighted by molar-refractivity contribution is 0.0796. The average molecular weight is 313 g/mol. The maximum atomic E-state index is 12.3. The van der Waals surface area contributed by atoms with Crippen LogP contribution in [-0.2, 0) is 0 Å². The van der Waals surface area contributed by atoms with E-state index in [1.807, 2.05) is 38.4 Å². The number of benzene rings is 1. The minimum atomic E-state index is 0. The summed E-state index contributed by atoms with van der Waals surface area (Å²) in [5.74, 6) is 0.849. The molecule has 0 saturated heterocycles. The summed E-state index contributed by atoms with van der Waals surface area (Å²) in [6, 6.07) is 7.53. The van der Waals surface area contributed by atoms with Crippen molar-refractivity contribution >= 4 is 18.3 Å². The summed E-state index contributed by atoms with van der Waals surface area (Å²) in [5, 5.41) is 3.05. The van der Waals surface area contributed by atoms with E-state index in [0.29, 0.717) is 18.2 Å². The Morgan fingerprint density at radius 1 is 1.38 bits per heavy atom. The number of hydrogen-bond acceptors (Lipinski definition) is 3. The number of carbonyl (C=O) groups excluding carboxylic acids is 1. The number of nitrogens with one attached hydrogen (secondary N) is 1. The molecule has 1 aliphatic carbocycles. The Bertz CT molecular complexity index is 448. The molecule has 2 rings (SSSR count). The Morgan fingerprint density at radius 2 is 2.10 bits per heavy atom. The van der Waals surface area contributed by atoms with Crippen molar-refractivity contribution in [3.8, 4) is 5.75 Å². The highest BCUT2D eigenvalue weighted by Crippen LogP contribution is 2.24. The van der Waals surface area contributed by atoms with Crippen LogP contribution in [0.3, 0.4) is 0 Å². The molecule has 5 heteroatoms. The second-order valence-corrected chi connectivity index (χ2v) is 5.38. The SMILES string of the molecule is CNCCN(C)C(=O)c1cccc(OC2CCCC2)c1.Cl. The molecule has 4 nitrogen and oxygen atoms in total. The monoisotopic (exact) mass is 312 g/mol. The van der Waals surface area contributed by atoms with Crippen LogP contribution in [0.5, 0.6) is 5.75 Å². The van der Waals surface area contributed by atoms with E-state index >= 15 is 0 Å². The number of nitrogens with zero attached hydrogens (tertiary/aromatic N) is 1. The van der Waals surface area contributed by atoms with Crippen LogP contribution in [0, 0.1) is 0 Å². The van der Waals surface area contributed by atoms with Crippen molar-refractivity contribution in [2.75, 3.05) is 27.2 Å². The van der Waals surface area contributed by atoms with Gasteiger partial charge < -0.3 is 15.0 Å². The van der Waals surface area contributed by atoms with Gasteiger partial charge >= 0.3 is 0 Å². The van der Waals surface area contributed by atoms with E-state index in [0.717, 1.165) is 25.1 Å². The van der Waals surface area contributed by atoms with Gasteiger partial charge in [-0.05, 0) is 50.9 Å². The first-order chi connectivity index (χ1) is 9.70. The predicted molar refractivity (Wildman–Crippen MR) is 87.5 cm³/mol. The van der Waals surface area contributed by atoms with Gasteiger partial charge in [0.25, 0.3) is 5.91 Å². The van der Waals surface area contributed by atoms with Crippen LogP contribution in [-0.4, -0.2) is 44.1 Å². The number of likely N-dealkylation sites (N-methyl/N-ethyl adjacent to an activating group) is 2. The van der Waals surface area contributed by atoms with E-state index in [1.165, 1.54) is 12.8 Å². The zero-order valence-electron chi connectivity index (χ0n) is 12.8. The molecule has 1 aliphatic rings. The number of carbonyl (C=O) groups is 1. The molecule has 0 spiro atoms. The van der Waals surface area contributed by atoms with Gasteiger partial charge in [-0.15, -0.1) is 12.4 Å². The third-order valence-electron chi connectivity index (χ3n) is 3.73. The lowest BCUT2D eigenvalue weighted by Crippen LogP contribution is -2.32. The van der Waals surface area contributed by atoms with E-state index in [-0.39, 0.29) is 18.3 Å². The molecule has 21 heavy (non-hydrogen) atoms. The molecule has 1 N–H and O–H groups in total. The van der Waals surface area contributed by atoms with Crippen molar-refractivity contribution in [3.63, 3.8) is 0 Å². The fourth-order valence-electron chi connectivity index (χ4n) is 2.50. The van der Waals surface area contributed by atoms with E-state index in [4.69, 9.17) is 4.74 Å². The van der Waals surface area contributed by atoms with Crippen LogP contribution < -0.4 is 10.1 Å². The Kier molecular flexibility index (Phi) is 7.54. The van der Waals surface area contributed by atoms with Crippen LogP contribution in [0.4, 0.5) is 0 Å². The zero-order chi connectivity index (χ0) is 14.4. The van der Waals surface area contributed by atoms with Crippen LogP contribution in [0.15, 0.2) is 24.3 Å². The van der Waals surface area contributed by atoms with E-state index in [1.54, 1.807) is 4.90 Å². The second kappa shape index (κ2) is 8.90. The van der Waals surface area contributed by atoms with E-state index in [9.17, 15) is 4.79 Å². The Labute approximate surface area is 133 Å². The van der Waals surface area contributed by atoms with Crippen molar-refractivity contribution in [3.05, 3.63) is 29.8 Å². The molecular weight excluding hydrogens is 288 g/mol. The number of rotatable bonds is 6. The fraction of sp³-hybridized carbons (Fsp3) is 0.562. The molecule has 0 aromatic heterocycles. The standard InChI is InChI=1S/C16H24N2O2.ClH/c1-17-10-11-18(2)16(19)13-6-5-9-15(12-13)20-14-7-3-4-8-14;/h5-6,9,12,14,17H,3-4,7-8,10-11H2,1-2H3;1H. The average Bonchev–Trinajstić information content (AvgIpc) is 2.97. The molecule has 1 fully saturated rings. The van der Waals surface area contributed by atoms with Crippen LogP contribution in [0.1, 0.15) is 36.0 Å². The minimum absolute atomic E-state index is 0. The number of hydrogen-bond donors (Lipinski definition) is 1. The molecule has 0 atom stereocenters. The summed E-state index contributed by atoms with van der Waals surface area (Å²) in [4.78, 5) is 14.0. The van der Waals surface area contributed by atoms with E-state index < -0.39 is 0 Å². The van der Waals surface area contributed by atoms with E-state index in [2.05, 4.69) is 5.32 Å². The second-order valence-electron chi connectivity index (χ2n) is 5.38. The highest BCUT2D eigenvalue weighted by molar-refractivity contribution is 5.94. The van der Waals surface area contributed by atoms with Crippen molar-refractivity contribution in [2.45, 2.75) is 31.8 Å². The number of amides is 1. The molecule has 118 valence electrons. The highest BCUT2D eigenvalue weighted by Gasteiger charge is 2.17. The molecule has 0 heterocycles. The highest BCUT2D eigenvalue weighted by atomic mass is 35.5. The smallest absolute Gasteiger partial charge is 0.253 e. The molecule has 0 radical (unpaired) electrons. The first-order valence-electron chi connectivity index (χ1n) is 7.37. The van der Waals surface area contributed by atoms with Crippen molar-refractivity contribution in [1.29, 1.82) is 0 Å². The molecule has 1 aromatic rings. The largest absolute Gasteiger partial charge is 0.490 e. The number of halogens is 1. The summed E-state index contributed by atoms with van der Waals surface area (Å²) in [6.45, 7) is 1.49. The first kappa shape index (κ1) is 17.8. The Morgan fingerprint density at radius 3 is 2.76 bits per heavy atom. The molecule has 0 unspecified atom stereocenters. The predicted octanol–water partition coefficient (Wildman–Crippen LogP) is 2.72. The first-order valence-corrected chi connectivity index (χ1v) is 7.37. The molecule has 1 aromatic carbocycles. The van der Waals surface area contributed by atoms with Crippen LogP contribution in [0.25, 0.3) is 0 Å². The third kappa shape index (κ3) is 5.21. The van der Waals surface area contributed by atoms with Crippen LogP contribution in [0.2, 0.25) is 0 Å². The van der Waals surface area contributed by atoms with Crippen molar-refractivity contribution in [2.24, 2.45) is 0 Å². The zero-order valence-corrected chi connectivity index (χ0v) is 13.6. The molecular formula is C16H25ClN2O2. The van der Waals surface area contributed by atoms with Gasteiger partial charge in [0, 0.05) is 25.7 Å². The van der Waals surface area contributed by atoms with Crippen LogP contribution >= 0.6 is 12.4 Å². The quantitative estimate of drug-likeness (QED) is 0.878. The normalized spacial score (nSPS) is 14.6. The Hall–Kier alpha value is -1.26. The van der Waals surface area contributed by atoms with Crippen molar-refractivity contribution in [1.82, 2.24) is 10.2 Å². The topological polar surface area (TPSA) is 41.6 Å². The van der Waals surface area contributed by atoms with Gasteiger partial charge in [-0.1, -0.05) is 6.07 Å². The van der Waals surface area contributed by atoms with Gasteiger partial charge in [0.05, 0.1) is 6.10 Å². The summed E-state index contributed by atoms with van der Waals surface area (Å²) in [6.07, 6.45) is 5.06. The van der Waals surface area contributed by atoms with Gasteiger partial charge in [0.15, 0.2) is 0 Å². The lowest BCUT2D eigenvalue weighted by atomic mass is 10.2. The van der Waals surface area contributed by atoms with Gasteiger partial charge in [0.2, 0.25) is 0 Å². The summed E-state index contributed by atoms with van der Waals surface area (Å²) in [7, 11) is 3.71. The molecule has 0 aliphatic heterocycles. The molecule has 0 bridgehead atoms. The van der Waals surface area contributed by atoms with Gasteiger partial charge in [-0.2, -0.15) is 0 Å². The molecule has 1 saturated carbocycles. The third-order valence-corrected chi connectivity index (χ3v) is 3.73. The minimum Gasteiger partial charge on any atom is -0.490 e. The summed E-state index contributed by atoms with van der Waals surface area (Å²) in [5.41, 5.74) is 0.694. The van der Waals surface area contributed by atoms with Gasteiger partial charge in [0.1, 0.15) is 5.75 Å². The molecule has 1 amide bonds. The summed E-state index contributed by atoms with van der Waals surface area (Å²) < 4.78 is 5.94. The number of ether oxygens (including phenoxy) is 1. The lowest BCUT2D eigenvalue weighted by Gasteiger charge is -2.18. The fourth-order valence-corrected chi connectivity index (χ4v) is 2.50. The Balaban J connectivity index is 0.00000220. The summed E-state index contributed by atoms with van der Waals surface area (Å²) >= 11 is 0. The maximum absolute atomic E-state index is 12.3. The van der Waals surface area contributed by atoms with Crippen molar-refractivity contribution < 1.29 is 9.53 Å². The van der Waals surface area contributed by atoms with Gasteiger partial charge in [-0.3, -0.25) is 4.79 Å². The van der Waals surface area contributed by atoms with Gasteiger partial charge in [-0.25, -0.2) is 0 Å². The maximum Gasteiger partial charge on any atom is 0.253 e.